The molecule has 0 saturated heterocycles. The van der Waals surface area contributed by atoms with Gasteiger partial charge in [-0.25, -0.2) is 4.79 Å². The van der Waals surface area contributed by atoms with Gasteiger partial charge in [0.05, 0.1) is 7.11 Å². The molecule has 0 aliphatic carbocycles. The first-order chi connectivity index (χ1) is 10.6. The van der Waals surface area contributed by atoms with Gasteiger partial charge in [0.2, 0.25) is 0 Å². The van der Waals surface area contributed by atoms with Gasteiger partial charge in [-0.2, -0.15) is 0 Å². The van der Waals surface area contributed by atoms with Crippen molar-refractivity contribution >= 4 is 5.97 Å². The van der Waals surface area contributed by atoms with Crippen LogP contribution in [0.1, 0.15) is 11.1 Å². The lowest BCUT2D eigenvalue weighted by molar-refractivity contribution is -0.146. The molecule has 0 aliphatic heterocycles. The van der Waals surface area contributed by atoms with Crippen LogP contribution in [-0.2, 0) is 17.8 Å². The minimum Gasteiger partial charge on any atom is -0.497 e. The van der Waals surface area contributed by atoms with Gasteiger partial charge in [-0.05, 0) is 29.3 Å². The molecule has 5 nitrogen and oxygen atoms in total. The van der Waals surface area contributed by atoms with Crippen molar-refractivity contribution in [1.82, 2.24) is 0 Å². The average molecular weight is 302 g/mol. The standard InChI is InChI=1S/C17H18O5/c1-21-14-8-6-12(7-9-14)11-22-16-5-3-2-4-13(16)10-15(18)17(19)20/h2-9,15,18H,10-11H2,1H3,(H,19,20)/t15-/m1/s1. The lowest BCUT2D eigenvalue weighted by Gasteiger charge is -2.13. The number of benzene rings is 2. The van der Waals surface area contributed by atoms with Gasteiger partial charge in [-0.3, -0.25) is 0 Å². The smallest absolute Gasteiger partial charge is 0.332 e. The minimum absolute atomic E-state index is 0.00805. The maximum atomic E-state index is 10.8. The Kier molecular flexibility index (Phi) is 5.38. The Bertz CT molecular complexity index is 621. The number of para-hydroxylation sites is 1. The molecule has 0 unspecified atom stereocenters. The molecule has 0 aliphatic rings. The third-order valence-corrected chi connectivity index (χ3v) is 3.22. The van der Waals surface area contributed by atoms with Gasteiger partial charge in [0.15, 0.2) is 6.10 Å². The van der Waals surface area contributed by atoms with Crippen molar-refractivity contribution in [2.75, 3.05) is 7.11 Å². The Morgan fingerprint density at radius 3 is 2.45 bits per heavy atom. The monoisotopic (exact) mass is 302 g/mol. The second-order valence-corrected chi connectivity index (χ2v) is 4.80. The molecule has 2 aromatic rings. The van der Waals surface area contributed by atoms with Gasteiger partial charge < -0.3 is 19.7 Å². The molecule has 22 heavy (non-hydrogen) atoms. The van der Waals surface area contributed by atoms with Crippen LogP contribution in [0.15, 0.2) is 48.5 Å². The lowest BCUT2D eigenvalue weighted by Crippen LogP contribution is -2.22. The highest BCUT2D eigenvalue weighted by Crippen LogP contribution is 2.21. The van der Waals surface area contributed by atoms with Crippen LogP contribution in [0, 0.1) is 0 Å². The van der Waals surface area contributed by atoms with E-state index < -0.39 is 12.1 Å². The van der Waals surface area contributed by atoms with E-state index in [0.717, 1.165) is 11.3 Å². The number of methoxy groups -OCH3 is 1. The third-order valence-electron chi connectivity index (χ3n) is 3.22. The summed E-state index contributed by atoms with van der Waals surface area (Å²) >= 11 is 0. The summed E-state index contributed by atoms with van der Waals surface area (Å²) < 4.78 is 10.8. The molecule has 2 rings (SSSR count). The van der Waals surface area contributed by atoms with Crippen molar-refractivity contribution < 1.29 is 24.5 Å². The molecular weight excluding hydrogens is 284 g/mol. The number of hydrogen-bond acceptors (Lipinski definition) is 4. The topological polar surface area (TPSA) is 76.0 Å². The van der Waals surface area contributed by atoms with E-state index in [9.17, 15) is 9.90 Å². The molecule has 0 saturated carbocycles. The maximum absolute atomic E-state index is 10.8. The van der Waals surface area contributed by atoms with Crippen molar-refractivity contribution in [1.29, 1.82) is 0 Å². The molecule has 1 atom stereocenters. The summed E-state index contributed by atoms with van der Waals surface area (Å²) in [6, 6.07) is 14.6. The fourth-order valence-corrected chi connectivity index (χ4v) is 1.99. The number of aliphatic hydroxyl groups is 1. The molecule has 2 N–H and O–H groups in total. The Balaban J connectivity index is 2.04. The number of rotatable bonds is 7. The summed E-state index contributed by atoms with van der Waals surface area (Å²) in [6.45, 7) is 0.351. The van der Waals surface area contributed by atoms with Crippen LogP contribution in [0.4, 0.5) is 0 Å². The summed E-state index contributed by atoms with van der Waals surface area (Å²) in [5.41, 5.74) is 1.63. The number of carboxylic acid groups (broad SMARTS) is 1. The zero-order chi connectivity index (χ0) is 15.9. The highest BCUT2D eigenvalue weighted by molar-refractivity contribution is 5.72. The predicted molar refractivity (Wildman–Crippen MR) is 81.1 cm³/mol. The van der Waals surface area contributed by atoms with Gasteiger partial charge in [-0.15, -0.1) is 0 Å². The number of aliphatic hydroxyl groups excluding tert-OH is 1. The molecule has 5 heteroatoms. The average Bonchev–Trinajstić information content (AvgIpc) is 2.54. The van der Waals surface area contributed by atoms with Crippen molar-refractivity contribution in [2.24, 2.45) is 0 Å². The van der Waals surface area contributed by atoms with Crippen LogP contribution in [0.2, 0.25) is 0 Å². The highest BCUT2D eigenvalue weighted by atomic mass is 16.5. The molecule has 0 fully saturated rings. The van der Waals surface area contributed by atoms with Gasteiger partial charge in [0, 0.05) is 6.42 Å². The Morgan fingerprint density at radius 1 is 1.14 bits per heavy atom. The van der Waals surface area contributed by atoms with E-state index in [2.05, 4.69) is 0 Å². The van der Waals surface area contributed by atoms with Crippen LogP contribution >= 0.6 is 0 Å². The fraction of sp³-hybridized carbons (Fsp3) is 0.235. The first-order valence-electron chi connectivity index (χ1n) is 6.84. The van der Waals surface area contributed by atoms with E-state index in [0.29, 0.717) is 17.9 Å². The summed E-state index contributed by atoms with van der Waals surface area (Å²) in [4.78, 5) is 10.8. The van der Waals surface area contributed by atoms with Crippen LogP contribution in [-0.4, -0.2) is 29.4 Å². The summed E-state index contributed by atoms with van der Waals surface area (Å²) in [6.07, 6.45) is -1.43. The zero-order valence-electron chi connectivity index (χ0n) is 12.2. The molecule has 0 amide bonds. The summed E-state index contributed by atoms with van der Waals surface area (Å²) in [7, 11) is 1.61. The zero-order valence-corrected chi connectivity index (χ0v) is 12.2. The molecule has 0 bridgehead atoms. The van der Waals surface area contributed by atoms with E-state index in [1.807, 2.05) is 24.3 Å². The van der Waals surface area contributed by atoms with E-state index in [-0.39, 0.29) is 6.42 Å². The Labute approximate surface area is 128 Å². The van der Waals surface area contributed by atoms with Gasteiger partial charge in [-0.1, -0.05) is 30.3 Å². The molecule has 0 radical (unpaired) electrons. The highest BCUT2D eigenvalue weighted by Gasteiger charge is 2.16. The molecular formula is C17H18O5. The first-order valence-corrected chi connectivity index (χ1v) is 6.84. The van der Waals surface area contributed by atoms with E-state index in [1.165, 1.54) is 0 Å². The molecule has 0 spiro atoms. The largest absolute Gasteiger partial charge is 0.497 e. The van der Waals surface area contributed by atoms with E-state index in [4.69, 9.17) is 14.6 Å². The normalized spacial score (nSPS) is 11.7. The van der Waals surface area contributed by atoms with Crippen LogP contribution < -0.4 is 9.47 Å². The van der Waals surface area contributed by atoms with E-state index in [1.54, 1.807) is 31.4 Å². The summed E-state index contributed by atoms with van der Waals surface area (Å²) in [5.74, 6) is 0.0947. The van der Waals surface area contributed by atoms with Crippen LogP contribution in [0.25, 0.3) is 0 Å². The van der Waals surface area contributed by atoms with Crippen LogP contribution in [0.5, 0.6) is 11.5 Å². The van der Waals surface area contributed by atoms with Crippen molar-refractivity contribution in [3.63, 3.8) is 0 Å². The van der Waals surface area contributed by atoms with Gasteiger partial charge in [0.25, 0.3) is 0 Å². The minimum atomic E-state index is -1.44. The number of hydrogen-bond donors (Lipinski definition) is 2. The molecule has 116 valence electrons. The number of aliphatic carboxylic acids is 1. The number of carbonyl (C=O) groups is 1. The van der Waals surface area contributed by atoms with Gasteiger partial charge in [0.1, 0.15) is 18.1 Å². The molecule has 0 aromatic heterocycles. The third kappa shape index (κ3) is 4.23. The second-order valence-electron chi connectivity index (χ2n) is 4.80. The quantitative estimate of drug-likeness (QED) is 0.820. The Hall–Kier alpha value is -2.53. The Morgan fingerprint density at radius 2 is 1.82 bits per heavy atom. The van der Waals surface area contributed by atoms with E-state index >= 15 is 0 Å². The van der Waals surface area contributed by atoms with Crippen LogP contribution in [0.3, 0.4) is 0 Å². The number of ether oxygens (including phenoxy) is 2. The lowest BCUT2D eigenvalue weighted by atomic mass is 10.1. The molecule has 2 aromatic carbocycles. The SMILES string of the molecule is COc1ccc(COc2ccccc2C[C@@H](O)C(=O)O)cc1. The second kappa shape index (κ2) is 7.47. The maximum Gasteiger partial charge on any atom is 0.332 e. The van der Waals surface area contributed by atoms with Crippen molar-refractivity contribution in [3.05, 3.63) is 59.7 Å². The summed E-state index contributed by atoms with van der Waals surface area (Å²) in [5, 5.41) is 18.3. The first kappa shape index (κ1) is 15.9. The predicted octanol–water partition coefficient (Wildman–Crippen LogP) is 2.26. The van der Waals surface area contributed by atoms with Gasteiger partial charge >= 0.3 is 5.97 Å². The fourth-order valence-electron chi connectivity index (χ4n) is 1.99. The molecule has 0 heterocycles. The van der Waals surface area contributed by atoms with Crippen molar-refractivity contribution in [2.45, 2.75) is 19.1 Å². The van der Waals surface area contributed by atoms with Crippen molar-refractivity contribution in [3.8, 4) is 11.5 Å². The number of carboxylic acids is 1.